The van der Waals surface area contributed by atoms with Crippen molar-refractivity contribution in [3.63, 3.8) is 0 Å². The highest BCUT2D eigenvalue weighted by atomic mass is 19.4. The van der Waals surface area contributed by atoms with E-state index < -0.39 is 41.0 Å². The van der Waals surface area contributed by atoms with E-state index in [4.69, 9.17) is 5.11 Å². The van der Waals surface area contributed by atoms with Crippen molar-refractivity contribution in [2.45, 2.75) is 37.4 Å². The first-order valence-corrected chi connectivity index (χ1v) is 6.96. The SMILES string of the molecule is O=C(O)C1(C(=O)N[C@H]2C[C@@H]2c2ccccc2C(F)(F)F)CC1. The molecule has 2 N–H and O–H groups in total. The quantitative estimate of drug-likeness (QED) is 0.840. The van der Waals surface area contributed by atoms with Crippen molar-refractivity contribution in [2.75, 3.05) is 0 Å². The van der Waals surface area contributed by atoms with E-state index in [0.717, 1.165) is 6.07 Å². The summed E-state index contributed by atoms with van der Waals surface area (Å²) in [5.74, 6) is -2.17. The fourth-order valence-electron chi connectivity index (χ4n) is 2.75. The van der Waals surface area contributed by atoms with Crippen molar-refractivity contribution in [1.82, 2.24) is 5.32 Å². The van der Waals surface area contributed by atoms with E-state index in [1.54, 1.807) is 0 Å². The van der Waals surface area contributed by atoms with Crippen molar-refractivity contribution >= 4 is 11.9 Å². The fraction of sp³-hybridized carbons (Fsp3) is 0.467. The van der Waals surface area contributed by atoms with Crippen LogP contribution in [0.4, 0.5) is 13.2 Å². The monoisotopic (exact) mass is 313 g/mol. The molecule has 2 saturated carbocycles. The first-order chi connectivity index (χ1) is 10.3. The van der Waals surface area contributed by atoms with Gasteiger partial charge in [-0.1, -0.05) is 18.2 Å². The Balaban J connectivity index is 1.71. The number of halogens is 3. The summed E-state index contributed by atoms with van der Waals surface area (Å²) in [6.45, 7) is 0. The molecule has 3 rings (SSSR count). The van der Waals surface area contributed by atoms with Gasteiger partial charge in [-0.15, -0.1) is 0 Å². The molecule has 1 amide bonds. The van der Waals surface area contributed by atoms with Gasteiger partial charge in [0.2, 0.25) is 5.91 Å². The predicted molar refractivity (Wildman–Crippen MR) is 70.0 cm³/mol. The Morgan fingerprint density at radius 2 is 1.86 bits per heavy atom. The number of carboxylic acids is 1. The van der Waals surface area contributed by atoms with Crippen LogP contribution in [0.5, 0.6) is 0 Å². The third kappa shape index (κ3) is 2.44. The Morgan fingerprint density at radius 3 is 2.41 bits per heavy atom. The zero-order chi connectivity index (χ0) is 16.1. The fourth-order valence-corrected chi connectivity index (χ4v) is 2.75. The van der Waals surface area contributed by atoms with Crippen molar-refractivity contribution < 1.29 is 27.9 Å². The summed E-state index contributed by atoms with van der Waals surface area (Å²) < 4.78 is 38.9. The van der Waals surface area contributed by atoms with Crippen molar-refractivity contribution in [3.8, 4) is 0 Å². The van der Waals surface area contributed by atoms with Gasteiger partial charge in [0.15, 0.2) is 0 Å². The number of carboxylic acid groups (broad SMARTS) is 1. The van der Waals surface area contributed by atoms with Gasteiger partial charge < -0.3 is 10.4 Å². The Kier molecular flexibility index (Phi) is 3.19. The third-order valence-corrected chi connectivity index (χ3v) is 4.37. The van der Waals surface area contributed by atoms with Gasteiger partial charge >= 0.3 is 12.1 Å². The van der Waals surface area contributed by atoms with Gasteiger partial charge in [-0.3, -0.25) is 9.59 Å². The second-order valence-electron chi connectivity index (χ2n) is 5.89. The number of rotatable bonds is 4. The smallest absolute Gasteiger partial charge is 0.416 e. The summed E-state index contributed by atoms with van der Waals surface area (Å²) in [5, 5.41) is 11.6. The van der Waals surface area contributed by atoms with E-state index in [2.05, 4.69) is 5.32 Å². The maximum absolute atomic E-state index is 13.0. The molecule has 118 valence electrons. The molecule has 2 aliphatic carbocycles. The standard InChI is InChI=1S/C15H14F3NO3/c16-15(17,18)10-4-2-1-3-8(10)9-7-11(9)19-12(20)14(5-6-14)13(21)22/h1-4,9,11H,5-7H2,(H,19,20)(H,21,22)/t9-,11+/m1/s1. The number of aliphatic carboxylic acids is 1. The van der Waals surface area contributed by atoms with Gasteiger partial charge in [-0.2, -0.15) is 13.2 Å². The third-order valence-electron chi connectivity index (χ3n) is 4.37. The molecule has 0 aliphatic heterocycles. The molecule has 2 fully saturated rings. The molecule has 7 heteroatoms. The van der Waals surface area contributed by atoms with Crippen LogP contribution in [0.15, 0.2) is 24.3 Å². The van der Waals surface area contributed by atoms with E-state index in [-0.39, 0.29) is 18.4 Å². The normalized spacial score (nSPS) is 25.4. The van der Waals surface area contributed by atoms with Crippen LogP contribution in [-0.4, -0.2) is 23.0 Å². The molecular formula is C15H14F3NO3. The van der Waals surface area contributed by atoms with Gasteiger partial charge in [0.25, 0.3) is 0 Å². The highest BCUT2D eigenvalue weighted by Crippen LogP contribution is 2.49. The van der Waals surface area contributed by atoms with Crippen LogP contribution in [0.1, 0.15) is 36.3 Å². The van der Waals surface area contributed by atoms with Gasteiger partial charge in [0, 0.05) is 12.0 Å². The number of hydrogen-bond acceptors (Lipinski definition) is 2. The van der Waals surface area contributed by atoms with Crippen LogP contribution in [0.2, 0.25) is 0 Å². The number of carbonyl (C=O) groups excluding carboxylic acids is 1. The zero-order valence-electron chi connectivity index (χ0n) is 11.5. The Labute approximate surface area is 124 Å². The van der Waals surface area contributed by atoms with Gasteiger partial charge in [0.1, 0.15) is 5.41 Å². The highest BCUT2D eigenvalue weighted by Gasteiger charge is 2.58. The van der Waals surface area contributed by atoms with Crippen LogP contribution >= 0.6 is 0 Å². The first kappa shape index (κ1) is 14.9. The Hall–Kier alpha value is -2.05. The van der Waals surface area contributed by atoms with Crippen LogP contribution in [-0.2, 0) is 15.8 Å². The van der Waals surface area contributed by atoms with E-state index >= 15 is 0 Å². The number of alkyl halides is 3. The molecule has 0 heterocycles. The molecule has 0 bridgehead atoms. The molecular weight excluding hydrogens is 299 g/mol. The molecule has 0 unspecified atom stereocenters. The topological polar surface area (TPSA) is 66.4 Å². The van der Waals surface area contributed by atoms with E-state index in [1.165, 1.54) is 18.2 Å². The van der Waals surface area contributed by atoms with E-state index in [1.807, 2.05) is 0 Å². The molecule has 1 aromatic carbocycles. The molecule has 2 atom stereocenters. The number of nitrogens with one attached hydrogen (secondary N) is 1. The molecule has 22 heavy (non-hydrogen) atoms. The van der Waals surface area contributed by atoms with Gasteiger partial charge in [-0.05, 0) is 30.9 Å². The zero-order valence-corrected chi connectivity index (χ0v) is 11.5. The predicted octanol–water partition coefficient (Wildman–Crippen LogP) is 2.54. The Morgan fingerprint density at radius 1 is 1.23 bits per heavy atom. The lowest BCUT2D eigenvalue weighted by atomic mass is 10.0. The second kappa shape index (κ2) is 4.72. The molecule has 2 aliphatic rings. The molecule has 0 radical (unpaired) electrons. The van der Waals surface area contributed by atoms with Crippen LogP contribution < -0.4 is 5.32 Å². The van der Waals surface area contributed by atoms with Crippen LogP contribution in [0.3, 0.4) is 0 Å². The number of benzene rings is 1. The summed E-state index contributed by atoms with van der Waals surface area (Å²) in [7, 11) is 0. The lowest BCUT2D eigenvalue weighted by Gasteiger charge is -2.14. The average molecular weight is 313 g/mol. The molecule has 0 aromatic heterocycles. The summed E-state index contributed by atoms with van der Waals surface area (Å²) in [4.78, 5) is 23.0. The van der Waals surface area contributed by atoms with Crippen molar-refractivity contribution in [3.05, 3.63) is 35.4 Å². The minimum absolute atomic E-state index is 0.153. The maximum Gasteiger partial charge on any atom is 0.416 e. The highest BCUT2D eigenvalue weighted by molar-refractivity contribution is 6.05. The summed E-state index contributed by atoms with van der Waals surface area (Å²) >= 11 is 0. The lowest BCUT2D eigenvalue weighted by Crippen LogP contribution is -2.38. The summed E-state index contributed by atoms with van der Waals surface area (Å²) in [5.41, 5.74) is -1.91. The molecule has 0 saturated heterocycles. The van der Waals surface area contributed by atoms with Crippen molar-refractivity contribution in [2.24, 2.45) is 5.41 Å². The van der Waals surface area contributed by atoms with E-state index in [9.17, 15) is 22.8 Å². The summed E-state index contributed by atoms with van der Waals surface area (Å²) in [6.07, 6.45) is -3.48. The van der Waals surface area contributed by atoms with Gasteiger partial charge in [-0.25, -0.2) is 0 Å². The molecule has 0 spiro atoms. The minimum atomic E-state index is -4.44. The largest absolute Gasteiger partial charge is 0.480 e. The van der Waals surface area contributed by atoms with Crippen LogP contribution in [0.25, 0.3) is 0 Å². The van der Waals surface area contributed by atoms with Gasteiger partial charge in [0.05, 0.1) is 5.56 Å². The summed E-state index contributed by atoms with van der Waals surface area (Å²) in [6, 6.07) is 4.86. The van der Waals surface area contributed by atoms with Crippen molar-refractivity contribution in [1.29, 1.82) is 0 Å². The maximum atomic E-state index is 13.0. The Bertz CT molecular complexity index is 637. The van der Waals surface area contributed by atoms with Crippen LogP contribution in [0, 0.1) is 5.41 Å². The number of amides is 1. The van der Waals surface area contributed by atoms with E-state index in [0.29, 0.717) is 6.42 Å². The lowest BCUT2D eigenvalue weighted by molar-refractivity contribution is -0.149. The first-order valence-electron chi connectivity index (χ1n) is 6.96. The molecule has 4 nitrogen and oxygen atoms in total. The number of hydrogen-bond donors (Lipinski definition) is 2. The number of carbonyl (C=O) groups is 2. The average Bonchev–Trinajstić information content (AvgIpc) is 3.32. The minimum Gasteiger partial charge on any atom is -0.480 e. The molecule has 1 aromatic rings. The second-order valence-corrected chi connectivity index (χ2v) is 5.89.